The molecule has 1 N–H and O–H groups in total. The van der Waals surface area contributed by atoms with E-state index in [0.717, 1.165) is 0 Å². The maximum Gasteiger partial charge on any atom is 0.220 e. The Bertz CT molecular complexity index is 426. The van der Waals surface area contributed by atoms with E-state index in [1.54, 1.807) is 30.3 Å². The molecule has 0 heterocycles. The fourth-order valence-corrected chi connectivity index (χ4v) is 1.10. The maximum absolute atomic E-state index is 9.38. The summed E-state index contributed by atoms with van der Waals surface area (Å²) in [5, 5.41) is 9.38. The van der Waals surface area contributed by atoms with Crippen molar-refractivity contribution in [2.45, 2.75) is 0 Å². The van der Waals surface area contributed by atoms with E-state index in [4.69, 9.17) is 9.78 Å². The molecule has 2 aromatic carbocycles. The molecule has 0 atom stereocenters. The van der Waals surface area contributed by atoms with E-state index in [-0.39, 0.29) is 5.75 Å². The number of benzene rings is 2. The van der Waals surface area contributed by atoms with E-state index >= 15 is 0 Å². The minimum atomic E-state index is 0.0495. The third-order valence-corrected chi connectivity index (χ3v) is 1.84. The van der Waals surface area contributed by atoms with Crippen LogP contribution in [0.15, 0.2) is 54.6 Å². The molecule has 0 aromatic heterocycles. The molecule has 0 saturated heterocycles. The Kier molecular flexibility index (Phi) is 2.74. The molecule has 0 radical (unpaired) electrons. The van der Waals surface area contributed by atoms with Gasteiger partial charge in [0.25, 0.3) is 0 Å². The molecule has 0 bridgehead atoms. The van der Waals surface area contributed by atoms with Gasteiger partial charge in [0, 0.05) is 0 Å². The Balaban J connectivity index is 2.03. The molecular weight excluding hydrogens is 192 g/mol. The summed E-state index contributed by atoms with van der Waals surface area (Å²) in [6.45, 7) is 0. The molecule has 0 aliphatic rings. The van der Waals surface area contributed by atoms with E-state index in [0.29, 0.717) is 11.5 Å². The zero-order valence-corrected chi connectivity index (χ0v) is 7.96. The predicted octanol–water partition coefficient (Wildman–Crippen LogP) is 2.77. The van der Waals surface area contributed by atoms with Crippen LogP contribution in [-0.2, 0) is 0 Å². The van der Waals surface area contributed by atoms with Gasteiger partial charge in [-0.2, -0.15) is 0 Å². The van der Waals surface area contributed by atoms with E-state index in [1.807, 2.05) is 18.2 Å². The minimum Gasteiger partial charge on any atom is -0.504 e. The van der Waals surface area contributed by atoms with Crippen molar-refractivity contribution < 1.29 is 14.9 Å². The fraction of sp³-hybridized carbons (Fsp3) is 0. The second kappa shape index (κ2) is 4.37. The van der Waals surface area contributed by atoms with Gasteiger partial charge in [0.2, 0.25) is 5.75 Å². The van der Waals surface area contributed by atoms with Crippen LogP contribution in [0.2, 0.25) is 0 Å². The molecule has 0 aliphatic heterocycles. The number of hydrogen-bond donors (Lipinski definition) is 1. The first-order valence-electron chi connectivity index (χ1n) is 4.54. The lowest BCUT2D eigenvalue weighted by Gasteiger charge is -2.06. The minimum absolute atomic E-state index is 0.0495. The van der Waals surface area contributed by atoms with Gasteiger partial charge in [-0.3, -0.25) is 9.78 Å². The highest BCUT2D eigenvalue weighted by molar-refractivity contribution is 5.37. The van der Waals surface area contributed by atoms with Gasteiger partial charge in [0.1, 0.15) is 0 Å². The lowest BCUT2D eigenvalue weighted by atomic mass is 10.3. The monoisotopic (exact) mass is 202 g/mol. The average Bonchev–Trinajstić information content (AvgIpc) is 2.29. The van der Waals surface area contributed by atoms with Crippen molar-refractivity contribution in [2.75, 3.05) is 0 Å². The van der Waals surface area contributed by atoms with Gasteiger partial charge >= 0.3 is 0 Å². The average molecular weight is 202 g/mol. The van der Waals surface area contributed by atoms with Gasteiger partial charge in [-0.1, -0.05) is 30.3 Å². The van der Waals surface area contributed by atoms with Crippen molar-refractivity contribution in [1.29, 1.82) is 0 Å². The van der Waals surface area contributed by atoms with Crippen molar-refractivity contribution in [3.8, 4) is 17.2 Å². The van der Waals surface area contributed by atoms with Gasteiger partial charge in [0.05, 0.1) is 0 Å². The first kappa shape index (κ1) is 9.40. The van der Waals surface area contributed by atoms with Crippen LogP contribution in [-0.4, -0.2) is 5.11 Å². The van der Waals surface area contributed by atoms with Crippen molar-refractivity contribution in [3.05, 3.63) is 54.6 Å². The summed E-state index contributed by atoms with van der Waals surface area (Å²) in [5.74, 6) is 0.926. The molecule has 0 aliphatic carbocycles. The molecule has 2 aromatic rings. The molecule has 0 fully saturated rings. The number of hydrogen-bond acceptors (Lipinski definition) is 3. The lowest BCUT2D eigenvalue weighted by Crippen LogP contribution is -1.99. The van der Waals surface area contributed by atoms with Crippen LogP contribution in [0.3, 0.4) is 0 Å². The Labute approximate surface area is 87.4 Å². The first-order chi connectivity index (χ1) is 7.36. The summed E-state index contributed by atoms with van der Waals surface area (Å²) in [7, 11) is 0. The second-order valence-corrected chi connectivity index (χ2v) is 2.95. The molecule has 15 heavy (non-hydrogen) atoms. The van der Waals surface area contributed by atoms with Crippen LogP contribution >= 0.6 is 0 Å². The molecule has 2 rings (SSSR count). The molecule has 0 amide bonds. The van der Waals surface area contributed by atoms with Crippen LogP contribution in [0.4, 0.5) is 0 Å². The van der Waals surface area contributed by atoms with Crippen molar-refractivity contribution >= 4 is 0 Å². The highest BCUT2D eigenvalue weighted by Gasteiger charge is 2.01. The lowest BCUT2D eigenvalue weighted by molar-refractivity contribution is -0.102. The molecule has 0 spiro atoms. The van der Waals surface area contributed by atoms with Crippen LogP contribution in [0.5, 0.6) is 17.2 Å². The molecule has 3 heteroatoms. The molecule has 0 saturated carbocycles. The van der Waals surface area contributed by atoms with E-state index in [9.17, 15) is 5.11 Å². The first-order valence-corrected chi connectivity index (χ1v) is 4.54. The number of para-hydroxylation sites is 3. The Morgan fingerprint density at radius 2 is 1.40 bits per heavy atom. The second-order valence-electron chi connectivity index (χ2n) is 2.95. The zero-order chi connectivity index (χ0) is 10.5. The smallest absolute Gasteiger partial charge is 0.220 e. The Hall–Kier alpha value is -2.16. The topological polar surface area (TPSA) is 38.7 Å². The van der Waals surface area contributed by atoms with Gasteiger partial charge in [-0.15, -0.1) is 0 Å². The van der Waals surface area contributed by atoms with Crippen molar-refractivity contribution in [3.63, 3.8) is 0 Å². The summed E-state index contributed by atoms with van der Waals surface area (Å²) in [6, 6.07) is 15.7. The third kappa shape index (κ3) is 2.40. The highest BCUT2D eigenvalue weighted by atomic mass is 17.2. The zero-order valence-electron chi connectivity index (χ0n) is 7.96. The van der Waals surface area contributed by atoms with Gasteiger partial charge in [-0.25, -0.2) is 0 Å². The fourth-order valence-electron chi connectivity index (χ4n) is 1.10. The molecule has 3 nitrogen and oxygen atoms in total. The normalized spacial score (nSPS) is 9.60. The quantitative estimate of drug-likeness (QED) is 0.614. The van der Waals surface area contributed by atoms with Gasteiger partial charge in [0.15, 0.2) is 11.5 Å². The maximum atomic E-state index is 9.38. The van der Waals surface area contributed by atoms with Crippen LogP contribution in [0.1, 0.15) is 0 Å². The number of aromatic hydroxyl groups is 1. The number of phenols is 1. The van der Waals surface area contributed by atoms with Crippen molar-refractivity contribution in [1.82, 2.24) is 0 Å². The van der Waals surface area contributed by atoms with Crippen LogP contribution < -0.4 is 9.78 Å². The highest BCUT2D eigenvalue weighted by Crippen LogP contribution is 2.25. The molecular formula is C12H10O3. The number of rotatable bonds is 3. The third-order valence-electron chi connectivity index (χ3n) is 1.84. The van der Waals surface area contributed by atoms with E-state index in [1.165, 1.54) is 6.07 Å². The summed E-state index contributed by atoms with van der Waals surface area (Å²) >= 11 is 0. The standard InChI is InChI=1S/C12H10O3/c13-11-8-4-5-9-12(11)15-14-10-6-2-1-3-7-10/h1-9,13H. The Morgan fingerprint density at radius 1 is 0.733 bits per heavy atom. The predicted molar refractivity (Wildman–Crippen MR) is 55.8 cm³/mol. The van der Waals surface area contributed by atoms with Gasteiger partial charge < -0.3 is 5.11 Å². The summed E-state index contributed by atoms with van der Waals surface area (Å²) in [4.78, 5) is 9.99. The molecule has 0 unspecified atom stereocenters. The SMILES string of the molecule is Oc1ccccc1OOc1ccccc1. The van der Waals surface area contributed by atoms with Crippen molar-refractivity contribution in [2.24, 2.45) is 0 Å². The Morgan fingerprint density at radius 3 is 2.13 bits per heavy atom. The van der Waals surface area contributed by atoms with Crippen LogP contribution in [0, 0.1) is 0 Å². The van der Waals surface area contributed by atoms with Gasteiger partial charge in [-0.05, 0) is 24.3 Å². The summed E-state index contributed by atoms with van der Waals surface area (Å²) in [6.07, 6.45) is 0. The summed E-state index contributed by atoms with van der Waals surface area (Å²) < 4.78 is 0. The summed E-state index contributed by atoms with van der Waals surface area (Å²) in [5.41, 5.74) is 0. The van der Waals surface area contributed by atoms with Crippen LogP contribution in [0.25, 0.3) is 0 Å². The van der Waals surface area contributed by atoms with E-state index < -0.39 is 0 Å². The largest absolute Gasteiger partial charge is 0.504 e. The molecule has 76 valence electrons. The number of phenolic OH excluding ortho intramolecular Hbond substituents is 1. The van der Waals surface area contributed by atoms with E-state index in [2.05, 4.69) is 0 Å².